The van der Waals surface area contributed by atoms with Gasteiger partial charge in [-0.2, -0.15) is 0 Å². The molecule has 30 heavy (non-hydrogen) atoms. The Bertz CT molecular complexity index is 1280. The minimum absolute atomic E-state index is 0.0507. The first-order chi connectivity index (χ1) is 14.3. The number of fused-ring (bicyclic) bond motifs is 2. The molecule has 5 rings (SSSR count). The Labute approximate surface area is 173 Å². The number of aryl methyl sites for hydroxylation is 3. The molecule has 0 spiro atoms. The summed E-state index contributed by atoms with van der Waals surface area (Å²) in [6, 6.07) is 10.5. The van der Waals surface area contributed by atoms with Crippen molar-refractivity contribution in [1.29, 1.82) is 0 Å². The first kappa shape index (κ1) is 18.5. The van der Waals surface area contributed by atoms with E-state index in [1.165, 1.54) is 21.6 Å². The van der Waals surface area contributed by atoms with Gasteiger partial charge in [-0.3, -0.25) is 18.9 Å². The molecule has 0 radical (unpaired) electrons. The number of imide groups is 1. The molecule has 1 saturated heterocycles. The lowest BCUT2D eigenvalue weighted by Gasteiger charge is -2.23. The molecule has 1 aliphatic carbocycles. The van der Waals surface area contributed by atoms with E-state index in [1.54, 1.807) is 19.2 Å². The number of nitrogens with zero attached hydrogens (tertiary/aromatic N) is 3. The summed E-state index contributed by atoms with van der Waals surface area (Å²) in [6.45, 7) is 3.60. The molecule has 1 aromatic carbocycles. The number of hydrogen-bond donors (Lipinski definition) is 1. The van der Waals surface area contributed by atoms with E-state index in [0.29, 0.717) is 11.3 Å². The highest BCUT2D eigenvalue weighted by atomic mass is 16.2. The molecular formula is C23H22N4O3. The van der Waals surface area contributed by atoms with E-state index in [4.69, 9.17) is 0 Å². The predicted octanol–water partition coefficient (Wildman–Crippen LogP) is 2.46. The monoisotopic (exact) mass is 402 g/mol. The third-order valence-corrected chi connectivity index (χ3v) is 6.15. The first-order valence-corrected chi connectivity index (χ1v) is 10.1. The van der Waals surface area contributed by atoms with Gasteiger partial charge in [0.25, 0.3) is 11.5 Å². The molecule has 0 bridgehead atoms. The molecule has 7 heteroatoms. The average Bonchev–Trinajstić information content (AvgIpc) is 3.26. The van der Waals surface area contributed by atoms with Crippen molar-refractivity contribution in [3.05, 3.63) is 80.9 Å². The quantitative estimate of drug-likeness (QED) is 0.682. The molecule has 3 heterocycles. The van der Waals surface area contributed by atoms with Crippen molar-refractivity contribution in [3.8, 4) is 0 Å². The van der Waals surface area contributed by atoms with Crippen LogP contribution in [0.2, 0.25) is 0 Å². The van der Waals surface area contributed by atoms with Crippen LogP contribution >= 0.6 is 0 Å². The number of carbonyl (C=O) groups excluding carboxylic acids is 2. The van der Waals surface area contributed by atoms with Crippen LogP contribution < -0.4 is 10.9 Å². The summed E-state index contributed by atoms with van der Waals surface area (Å²) in [4.78, 5) is 44.0. The fourth-order valence-corrected chi connectivity index (χ4v) is 4.42. The number of nitrogens with one attached hydrogen (secondary N) is 1. The SMILES string of the molecule is Cc1ccn2c(=O)cc(CN3C(=O)N[C@@](C)(c4ccc5c(c4)CCC5)C3=O)nc2c1. The van der Waals surface area contributed by atoms with Crippen LogP contribution in [0.1, 0.15) is 41.3 Å². The van der Waals surface area contributed by atoms with E-state index in [-0.39, 0.29) is 18.0 Å². The Kier molecular flexibility index (Phi) is 4.03. The van der Waals surface area contributed by atoms with E-state index in [9.17, 15) is 14.4 Å². The van der Waals surface area contributed by atoms with Gasteiger partial charge in [0.2, 0.25) is 0 Å². The molecule has 152 valence electrons. The predicted molar refractivity (Wildman–Crippen MR) is 111 cm³/mol. The second kappa shape index (κ2) is 6.52. The van der Waals surface area contributed by atoms with Crippen LogP contribution in [0, 0.1) is 6.92 Å². The maximum absolute atomic E-state index is 13.3. The van der Waals surface area contributed by atoms with Crippen LogP contribution in [-0.2, 0) is 29.7 Å². The van der Waals surface area contributed by atoms with E-state index in [2.05, 4.69) is 16.4 Å². The summed E-state index contributed by atoms with van der Waals surface area (Å²) in [7, 11) is 0. The highest BCUT2D eigenvalue weighted by Gasteiger charge is 2.49. The van der Waals surface area contributed by atoms with E-state index < -0.39 is 11.6 Å². The Hall–Kier alpha value is -3.48. The minimum Gasteiger partial charge on any atom is -0.319 e. The fraction of sp³-hybridized carbons (Fsp3) is 0.304. The molecule has 3 amide bonds. The molecule has 2 aromatic heterocycles. The highest BCUT2D eigenvalue weighted by Crippen LogP contribution is 2.33. The molecule has 0 saturated carbocycles. The van der Waals surface area contributed by atoms with Crippen LogP contribution in [0.5, 0.6) is 0 Å². The van der Waals surface area contributed by atoms with Crippen molar-refractivity contribution in [2.45, 2.75) is 45.2 Å². The van der Waals surface area contributed by atoms with Crippen LogP contribution in [-0.4, -0.2) is 26.2 Å². The van der Waals surface area contributed by atoms with Crippen molar-refractivity contribution in [3.63, 3.8) is 0 Å². The largest absolute Gasteiger partial charge is 0.325 e. The summed E-state index contributed by atoms with van der Waals surface area (Å²) in [5.74, 6) is -0.336. The maximum atomic E-state index is 13.3. The number of urea groups is 1. The minimum atomic E-state index is -1.13. The molecule has 0 unspecified atom stereocenters. The third-order valence-electron chi connectivity index (χ3n) is 6.15. The lowest BCUT2D eigenvalue weighted by Crippen LogP contribution is -2.41. The van der Waals surface area contributed by atoms with Crippen molar-refractivity contribution in [2.75, 3.05) is 0 Å². The molecule has 1 fully saturated rings. The molecule has 2 aliphatic rings. The molecule has 7 nitrogen and oxygen atoms in total. The number of rotatable bonds is 3. The second-order valence-electron chi connectivity index (χ2n) is 8.30. The Morgan fingerprint density at radius 1 is 1.07 bits per heavy atom. The van der Waals surface area contributed by atoms with Gasteiger partial charge in [-0.05, 0) is 67.5 Å². The standard InChI is InChI=1S/C23H22N4O3/c1-14-8-9-26-19(10-14)24-18(12-20(26)28)13-27-21(29)23(2,25-22(27)30)17-7-6-15-4-3-5-16(15)11-17/h6-12H,3-5,13H2,1-2H3,(H,25,30)/t23-/m0/s1. The van der Waals surface area contributed by atoms with E-state index in [1.807, 2.05) is 25.1 Å². The van der Waals surface area contributed by atoms with Crippen molar-refractivity contribution >= 4 is 17.6 Å². The topological polar surface area (TPSA) is 83.8 Å². The van der Waals surface area contributed by atoms with Crippen LogP contribution in [0.3, 0.4) is 0 Å². The zero-order valence-corrected chi connectivity index (χ0v) is 16.9. The zero-order chi connectivity index (χ0) is 21.0. The maximum Gasteiger partial charge on any atom is 0.325 e. The highest BCUT2D eigenvalue weighted by molar-refractivity contribution is 6.07. The average molecular weight is 402 g/mol. The summed E-state index contributed by atoms with van der Waals surface area (Å²) in [5.41, 5.74) is 3.81. The Morgan fingerprint density at radius 2 is 1.87 bits per heavy atom. The molecule has 1 N–H and O–H groups in total. The number of carbonyl (C=O) groups is 2. The van der Waals surface area contributed by atoms with Gasteiger partial charge in [-0.15, -0.1) is 0 Å². The summed E-state index contributed by atoms with van der Waals surface area (Å²) in [6.07, 6.45) is 4.84. The summed E-state index contributed by atoms with van der Waals surface area (Å²) in [5, 5.41) is 2.85. The van der Waals surface area contributed by atoms with Crippen molar-refractivity contribution < 1.29 is 9.59 Å². The van der Waals surface area contributed by atoms with Gasteiger partial charge < -0.3 is 5.32 Å². The molecular weight excluding hydrogens is 380 g/mol. The smallest absolute Gasteiger partial charge is 0.319 e. The van der Waals surface area contributed by atoms with Gasteiger partial charge in [0.15, 0.2) is 0 Å². The lowest BCUT2D eigenvalue weighted by molar-refractivity contribution is -0.131. The Morgan fingerprint density at radius 3 is 2.70 bits per heavy atom. The summed E-state index contributed by atoms with van der Waals surface area (Å²) >= 11 is 0. The van der Waals surface area contributed by atoms with E-state index in [0.717, 1.165) is 35.3 Å². The van der Waals surface area contributed by atoms with Crippen molar-refractivity contribution in [1.82, 2.24) is 19.6 Å². The number of pyridine rings is 1. The first-order valence-electron chi connectivity index (χ1n) is 10.1. The van der Waals surface area contributed by atoms with Gasteiger partial charge in [-0.25, -0.2) is 9.78 Å². The zero-order valence-electron chi connectivity index (χ0n) is 16.9. The lowest BCUT2D eigenvalue weighted by atomic mass is 9.89. The number of hydrogen-bond acceptors (Lipinski definition) is 4. The molecule has 1 atom stereocenters. The number of amides is 3. The van der Waals surface area contributed by atoms with Gasteiger partial charge in [-0.1, -0.05) is 18.2 Å². The van der Waals surface area contributed by atoms with Gasteiger partial charge in [0, 0.05) is 12.3 Å². The molecule has 1 aliphatic heterocycles. The normalized spacial score (nSPS) is 20.7. The van der Waals surface area contributed by atoms with Gasteiger partial charge in [0.1, 0.15) is 11.2 Å². The van der Waals surface area contributed by atoms with E-state index >= 15 is 0 Å². The Balaban J connectivity index is 1.48. The fourth-order valence-electron chi connectivity index (χ4n) is 4.42. The molecule has 3 aromatic rings. The van der Waals surface area contributed by atoms with Gasteiger partial charge in [0.05, 0.1) is 12.2 Å². The van der Waals surface area contributed by atoms with Gasteiger partial charge >= 0.3 is 6.03 Å². The van der Waals surface area contributed by atoms with Crippen LogP contribution in [0.25, 0.3) is 5.65 Å². The number of benzene rings is 1. The second-order valence-corrected chi connectivity index (χ2v) is 8.30. The van der Waals surface area contributed by atoms with Crippen molar-refractivity contribution in [2.24, 2.45) is 0 Å². The third kappa shape index (κ3) is 2.81. The summed E-state index contributed by atoms with van der Waals surface area (Å²) < 4.78 is 1.44. The van der Waals surface area contributed by atoms with Crippen LogP contribution in [0.4, 0.5) is 4.79 Å². The van der Waals surface area contributed by atoms with Crippen LogP contribution in [0.15, 0.2) is 47.4 Å². The number of aromatic nitrogens is 2.